The molecule has 0 spiro atoms. The Labute approximate surface area is 354 Å². The summed E-state index contributed by atoms with van der Waals surface area (Å²) in [7, 11) is 0. The lowest BCUT2D eigenvalue weighted by Crippen LogP contribution is -2.43. The molecule has 1 saturated heterocycles. The second kappa shape index (κ2) is 18.9. The Balaban J connectivity index is 0.000000762. The third-order valence-corrected chi connectivity index (χ3v) is 11.1. The van der Waals surface area contributed by atoms with Crippen LogP contribution in [0.4, 0.5) is 29.7 Å². The van der Waals surface area contributed by atoms with Crippen molar-refractivity contribution in [2.75, 3.05) is 29.9 Å². The van der Waals surface area contributed by atoms with Crippen LogP contribution in [0, 0.1) is 0 Å². The molecule has 62 heavy (non-hydrogen) atoms. The van der Waals surface area contributed by atoms with Gasteiger partial charge >= 0.3 is 18.2 Å². The number of imidazole rings is 1. The van der Waals surface area contributed by atoms with Crippen molar-refractivity contribution in [1.82, 2.24) is 39.9 Å². The molecule has 16 nitrogen and oxygen atoms in total. The van der Waals surface area contributed by atoms with Gasteiger partial charge in [0, 0.05) is 44.3 Å². The number of anilines is 2. The minimum Gasteiger partial charge on any atom is -0.508 e. The number of carboxylic acids is 1. The van der Waals surface area contributed by atoms with Crippen LogP contribution in [-0.4, -0.2) is 106 Å². The molecule has 7 N–H and O–H groups in total. The lowest BCUT2D eigenvalue weighted by Gasteiger charge is -2.22. The van der Waals surface area contributed by atoms with Gasteiger partial charge in [0.25, 0.3) is 0 Å². The number of hydrogen-bond donors (Lipinski definition) is 7. The number of aryl methyl sites for hydroxylation is 1. The van der Waals surface area contributed by atoms with Gasteiger partial charge in [-0.05, 0) is 53.6 Å². The number of carboxylic acid groups (broad SMARTS) is 1. The number of rotatable bonds is 12. The summed E-state index contributed by atoms with van der Waals surface area (Å²) in [4.78, 5) is 38.7. The van der Waals surface area contributed by atoms with Crippen LogP contribution in [0.1, 0.15) is 60.0 Å². The maximum atomic E-state index is 12.9. The number of aromatic nitrogens is 6. The Morgan fingerprint density at radius 1 is 0.919 bits per heavy atom. The van der Waals surface area contributed by atoms with Crippen molar-refractivity contribution in [3.05, 3.63) is 126 Å². The quantitative estimate of drug-likeness (QED) is 0.0851. The minimum absolute atomic E-state index is 0.0197. The average molecular weight is 857 g/mol. The molecule has 3 aromatic heterocycles. The van der Waals surface area contributed by atoms with Crippen LogP contribution >= 0.6 is 0 Å². The smallest absolute Gasteiger partial charge is 0.490 e. The van der Waals surface area contributed by atoms with E-state index in [0.717, 1.165) is 28.7 Å². The molecule has 8 rings (SSSR count). The van der Waals surface area contributed by atoms with Crippen LogP contribution in [0.3, 0.4) is 0 Å². The number of hydrogen-bond acceptors (Lipinski definition) is 11. The van der Waals surface area contributed by atoms with Crippen LogP contribution in [0.5, 0.6) is 5.75 Å². The standard InChI is InChI=1S/C41H46N10O4.C2HF3O2/c1-2-26-21-45-51(23-26)34-19-33(36(53)37(34)54)50-25-44-35-38(42-22-32(28-11-5-3-6-12-28)29-13-7-4-8-14-29)47-40(48-39(35)50)49-17-16-30(24-49)46-41(55)43-20-27-10-9-15-31(52)18-27;3-2(4,5)1(6)7/h3-15,18,21,23,25,30,32-34,36-37,52-54H,2,16-17,19-20,22,24H2,1H3,(H,42,47,48)(H2,43,46,55);(H,6,7)/t30-,33-,34+,36+,37-;/m1./s1. The van der Waals surface area contributed by atoms with Crippen molar-refractivity contribution in [2.24, 2.45) is 0 Å². The number of aliphatic hydroxyl groups is 2. The largest absolute Gasteiger partial charge is 0.508 e. The maximum Gasteiger partial charge on any atom is 0.490 e. The van der Waals surface area contributed by atoms with Crippen molar-refractivity contribution in [2.45, 2.75) is 75.2 Å². The molecule has 0 unspecified atom stereocenters. The SMILES string of the molecule is CCc1cnn([C@H]2C[C@@H](n3cnc4c(NCC(c5ccccc5)c5ccccc5)nc(N5CC[C@@H](NC(=O)NCc6cccc(O)c6)C5)nc43)[C@H](O)[C@@H]2O)c1.O=C(O)C(F)(F)F. The molecule has 2 aliphatic rings. The number of alkyl halides is 3. The highest BCUT2D eigenvalue weighted by molar-refractivity contribution is 5.85. The zero-order valence-electron chi connectivity index (χ0n) is 33.6. The normalized spacial score (nSPS) is 19.9. The zero-order chi connectivity index (χ0) is 44.0. The summed E-state index contributed by atoms with van der Waals surface area (Å²) in [6, 6.07) is 26.1. The molecular formula is C43H47F3N10O6. The van der Waals surface area contributed by atoms with Crippen LogP contribution in [0.25, 0.3) is 11.2 Å². The molecule has 5 atom stereocenters. The fourth-order valence-electron chi connectivity index (χ4n) is 7.82. The predicted molar refractivity (Wildman–Crippen MR) is 223 cm³/mol. The van der Waals surface area contributed by atoms with Crippen molar-refractivity contribution in [3.63, 3.8) is 0 Å². The van der Waals surface area contributed by atoms with E-state index in [2.05, 4.69) is 52.2 Å². The molecule has 326 valence electrons. The monoisotopic (exact) mass is 856 g/mol. The summed E-state index contributed by atoms with van der Waals surface area (Å²) in [5.41, 5.74) is 5.27. The molecule has 1 saturated carbocycles. The maximum absolute atomic E-state index is 12.9. The number of aliphatic carboxylic acids is 1. The summed E-state index contributed by atoms with van der Waals surface area (Å²) < 4.78 is 35.3. The van der Waals surface area contributed by atoms with Gasteiger partial charge in [0.2, 0.25) is 5.95 Å². The van der Waals surface area contributed by atoms with E-state index < -0.39 is 36.4 Å². The fraction of sp³-hybridized carbons (Fsp3) is 0.349. The molecule has 0 radical (unpaired) electrons. The Bertz CT molecular complexity index is 2410. The number of phenols is 1. The number of carbonyl (C=O) groups excluding carboxylic acids is 1. The summed E-state index contributed by atoms with van der Waals surface area (Å²) in [5.74, 6) is -1.56. The van der Waals surface area contributed by atoms with Gasteiger partial charge in [0.05, 0.1) is 24.6 Å². The van der Waals surface area contributed by atoms with Crippen LogP contribution in [-0.2, 0) is 17.8 Å². The summed E-state index contributed by atoms with van der Waals surface area (Å²) in [5, 5.41) is 53.6. The molecule has 19 heteroatoms. The molecule has 3 aromatic carbocycles. The third-order valence-electron chi connectivity index (χ3n) is 11.1. The van der Waals surface area contributed by atoms with Crippen molar-refractivity contribution >= 4 is 34.9 Å². The minimum atomic E-state index is -5.08. The van der Waals surface area contributed by atoms with Crippen molar-refractivity contribution in [3.8, 4) is 5.75 Å². The highest BCUT2D eigenvalue weighted by atomic mass is 19.4. The van der Waals surface area contributed by atoms with Crippen LogP contribution in [0.2, 0.25) is 0 Å². The topological polar surface area (TPSA) is 216 Å². The first-order valence-electron chi connectivity index (χ1n) is 20.1. The van der Waals surface area contributed by atoms with E-state index in [4.69, 9.17) is 24.9 Å². The van der Waals surface area contributed by atoms with Gasteiger partial charge in [-0.1, -0.05) is 79.7 Å². The van der Waals surface area contributed by atoms with Gasteiger partial charge in [-0.25, -0.2) is 14.6 Å². The van der Waals surface area contributed by atoms with Crippen LogP contribution < -0.4 is 20.9 Å². The van der Waals surface area contributed by atoms with E-state index in [1.54, 1.807) is 35.4 Å². The number of fused-ring (bicyclic) bond motifs is 1. The van der Waals surface area contributed by atoms with Crippen LogP contribution in [0.15, 0.2) is 104 Å². The van der Waals surface area contributed by atoms with E-state index in [1.165, 1.54) is 0 Å². The van der Waals surface area contributed by atoms with Gasteiger partial charge in [-0.15, -0.1) is 0 Å². The van der Waals surface area contributed by atoms with Gasteiger partial charge in [-0.3, -0.25) is 4.68 Å². The van der Waals surface area contributed by atoms with E-state index in [1.807, 2.05) is 58.1 Å². The molecule has 6 aromatic rings. The number of aromatic hydroxyl groups is 1. The average Bonchev–Trinajstić information content (AvgIpc) is 4.08. The van der Waals surface area contributed by atoms with E-state index in [-0.39, 0.29) is 30.3 Å². The number of nitrogens with one attached hydrogen (secondary N) is 3. The number of phenolic OH excluding ortho intramolecular Hbond substituents is 1. The summed E-state index contributed by atoms with van der Waals surface area (Å²) in [6.45, 7) is 3.96. The number of urea groups is 1. The molecule has 4 heterocycles. The fourth-order valence-corrected chi connectivity index (χ4v) is 7.82. The number of halogens is 3. The number of carbonyl (C=O) groups is 2. The van der Waals surface area contributed by atoms with Crippen molar-refractivity contribution < 1.29 is 43.2 Å². The van der Waals surface area contributed by atoms with Gasteiger partial charge in [0.1, 0.15) is 18.0 Å². The Hall–Kier alpha value is -6.73. The molecule has 1 aliphatic heterocycles. The lowest BCUT2D eigenvalue weighted by atomic mass is 9.91. The molecule has 1 aliphatic carbocycles. The Morgan fingerprint density at radius 3 is 2.23 bits per heavy atom. The molecular weight excluding hydrogens is 810 g/mol. The zero-order valence-corrected chi connectivity index (χ0v) is 33.6. The second-order valence-electron chi connectivity index (χ2n) is 15.2. The number of nitrogens with zero attached hydrogens (tertiary/aromatic N) is 7. The molecule has 0 bridgehead atoms. The Kier molecular flexibility index (Phi) is 13.2. The highest BCUT2D eigenvalue weighted by Gasteiger charge is 2.45. The highest BCUT2D eigenvalue weighted by Crippen LogP contribution is 2.40. The van der Waals surface area contributed by atoms with E-state index >= 15 is 0 Å². The summed E-state index contributed by atoms with van der Waals surface area (Å²) in [6.07, 6.45) is 0.142. The second-order valence-corrected chi connectivity index (χ2v) is 15.2. The number of aliphatic hydroxyl groups excluding tert-OH is 2. The van der Waals surface area contributed by atoms with E-state index in [9.17, 15) is 33.3 Å². The van der Waals surface area contributed by atoms with Gasteiger partial charge < -0.3 is 45.8 Å². The number of benzene rings is 3. The predicted octanol–water partition coefficient (Wildman–Crippen LogP) is 5.15. The summed E-state index contributed by atoms with van der Waals surface area (Å²) >= 11 is 0. The van der Waals surface area contributed by atoms with E-state index in [0.29, 0.717) is 55.4 Å². The number of amides is 2. The third kappa shape index (κ3) is 10.1. The van der Waals surface area contributed by atoms with Crippen molar-refractivity contribution in [1.29, 1.82) is 0 Å². The molecule has 2 fully saturated rings. The van der Waals surface area contributed by atoms with Gasteiger partial charge in [-0.2, -0.15) is 28.2 Å². The first kappa shape index (κ1) is 43.4. The molecule has 2 amide bonds. The van der Waals surface area contributed by atoms with Gasteiger partial charge in [0.15, 0.2) is 17.0 Å². The Morgan fingerprint density at radius 2 is 1.60 bits per heavy atom. The first-order chi connectivity index (χ1) is 29.8. The lowest BCUT2D eigenvalue weighted by molar-refractivity contribution is -0.192. The first-order valence-corrected chi connectivity index (χ1v) is 20.1.